The lowest BCUT2D eigenvalue weighted by Crippen LogP contribution is -2.01. The van der Waals surface area contributed by atoms with E-state index in [2.05, 4.69) is 168 Å². The number of hydrogen-bond acceptors (Lipinski definition) is 0. The molecule has 9 rings (SSSR count). The zero-order valence-corrected chi connectivity index (χ0v) is 25.2. The third-order valence-electron chi connectivity index (χ3n) is 9.42. The lowest BCUT2D eigenvalue weighted by molar-refractivity contribution is 0.983. The van der Waals surface area contributed by atoms with Gasteiger partial charge in [0.15, 0.2) is 0 Å². The fraction of sp³-hybridized carbons (Fsp3) is 0.0698. The number of hydrogen-bond donors (Lipinski definition) is 0. The van der Waals surface area contributed by atoms with Gasteiger partial charge >= 0.3 is 0 Å². The predicted molar refractivity (Wildman–Crippen MR) is 192 cm³/mol. The minimum atomic E-state index is 1.02. The molecule has 0 radical (unpaired) electrons. The van der Waals surface area contributed by atoms with Crippen molar-refractivity contribution < 1.29 is 0 Å². The van der Waals surface area contributed by atoms with Gasteiger partial charge in [0, 0.05) is 32.9 Å². The molecule has 0 amide bonds. The molecule has 0 fully saturated rings. The molecule has 0 N–H and O–H groups in total. The Morgan fingerprint density at radius 1 is 0.467 bits per heavy atom. The summed E-state index contributed by atoms with van der Waals surface area (Å²) in [5.41, 5.74) is 13.9. The van der Waals surface area contributed by atoms with E-state index in [-0.39, 0.29) is 0 Å². The predicted octanol–water partition coefficient (Wildman–Crippen LogP) is 11.6. The number of rotatable bonds is 4. The Kier molecular flexibility index (Phi) is 5.89. The molecular weight excluding hydrogens is 544 g/mol. The maximum Gasteiger partial charge on any atom is 0.0541 e. The van der Waals surface area contributed by atoms with Crippen LogP contribution in [0.1, 0.15) is 24.0 Å². The second kappa shape index (κ2) is 10.2. The summed E-state index contributed by atoms with van der Waals surface area (Å²) in [6.45, 7) is 2.16. The molecule has 0 aliphatic heterocycles. The van der Waals surface area contributed by atoms with Crippen LogP contribution in [-0.2, 0) is 0 Å². The Hall–Kier alpha value is -5.60. The summed E-state index contributed by atoms with van der Waals surface area (Å²) in [4.78, 5) is 0. The van der Waals surface area contributed by atoms with Gasteiger partial charge in [0.2, 0.25) is 0 Å². The van der Waals surface area contributed by atoms with E-state index in [9.17, 15) is 0 Å². The summed E-state index contributed by atoms with van der Waals surface area (Å²) in [6, 6.07) is 51.1. The van der Waals surface area contributed by atoms with Crippen LogP contribution in [0.2, 0.25) is 0 Å². The number of allylic oxidation sites excluding steroid dienone is 4. The summed E-state index contributed by atoms with van der Waals surface area (Å²) in [5, 5.41) is 5.14. The van der Waals surface area contributed by atoms with Gasteiger partial charge in [-0.1, -0.05) is 97.1 Å². The zero-order chi connectivity index (χ0) is 29.9. The summed E-state index contributed by atoms with van der Waals surface area (Å²) >= 11 is 0. The molecule has 1 aliphatic rings. The van der Waals surface area contributed by atoms with Crippen LogP contribution in [0.15, 0.2) is 152 Å². The van der Waals surface area contributed by atoms with Crippen LogP contribution in [0.25, 0.3) is 71.7 Å². The van der Waals surface area contributed by atoms with E-state index in [0.29, 0.717) is 0 Å². The lowest BCUT2D eigenvalue weighted by Gasteiger charge is -2.18. The average Bonchev–Trinajstić information content (AvgIpc) is 3.61. The van der Waals surface area contributed by atoms with E-state index in [1.165, 1.54) is 82.8 Å². The number of para-hydroxylation sites is 2. The van der Waals surface area contributed by atoms with Gasteiger partial charge in [0.1, 0.15) is 0 Å². The van der Waals surface area contributed by atoms with E-state index < -0.39 is 0 Å². The molecule has 0 unspecified atom stereocenters. The molecule has 2 nitrogen and oxygen atoms in total. The molecule has 0 spiro atoms. The zero-order valence-electron chi connectivity index (χ0n) is 25.2. The van der Waals surface area contributed by atoms with Crippen LogP contribution in [0.4, 0.5) is 0 Å². The van der Waals surface area contributed by atoms with Crippen LogP contribution >= 0.6 is 0 Å². The van der Waals surface area contributed by atoms with E-state index in [1.807, 2.05) is 0 Å². The van der Waals surface area contributed by atoms with Crippen molar-refractivity contribution in [2.45, 2.75) is 19.8 Å². The van der Waals surface area contributed by atoms with E-state index >= 15 is 0 Å². The van der Waals surface area contributed by atoms with Gasteiger partial charge in [-0.15, -0.1) is 0 Å². The Morgan fingerprint density at radius 2 is 1.07 bits per heavy atom. The van der Waals surface area contributed by atoms with Crippen molar-refractivity contribution in [1.82, 2.24) is 9.13 Å². The lowest BCUT2D eigenvalue weighted by atomic mass is 9.97. The van der Waals surface area contributed by atoms with Crippen molar-refractivity contribution in [1.29, 1.82) is 0 Å². The van der Waals surface area contributed by atoms with E-state index in [1.54, 1.807) is 0 Å². The van der Waals surface area contributed by atoms with Crippen molar-refractivity contribution in [3.63, 3.8) is 0 Å². The highest BCUT2D eigenvalue weighted by atomic mass is 15.0. The fourth-order valence-electron chi connectivity index (χ4n) is 7.35. The van der Waals surface area contributed by atoms with Crippen molar-refractivity contribution in [3.05, 3.63) is 163 Å². The quantitative estimate of drug-likeness (QED) is 0.197. The highest BCUT2D eigenvalue weighted by molar-refractivity contribution is 6.13. The minimum Gasteiger partial charge on any atom is -0.313 e. The number of aryl methyl sites for hydroxylation is 1. The molecule has 2 heteroatoms. The first kappa shape index (κ1) is 25.9. The molecule has 0 saturated carbocycles. The minimum absolute atomic E-state index is 1.02. The van der Waals surface area contributed by atoms with Crippen molar-refractivity contribution >= 4 is 54.9 Å². The highest BCUT2D eigenvalue weighted by Crippen LogP contribution is 2.40. The number of benzene rings is 6. The molecule has 2 aromatic heterocycles. The third-order valence-corrected chi connectivity index (χ3v) is 9.42. The summed E-state index contributed by atoms with van der Waals surface area (Å²) < 4.78 is 4.89. The number of nitrogens with zero attached hydrogens (tertiary/aromatic N) is 2. The topological polar surface area (TPSA) is 9.86 Å². The first-order chi connectivity index (χ1) is 22.2. The van der Waals surface area contributed by atoms with Gasteiger partial charge in [0.05, 0.1) is 22.1 Å². The summed E-state index contributed by atoms with van der Waals surface area (Å²) in [5.74, 6) is 0. The standard InChI is InChI=1S/C43H32N2/c1-29-11-9-15-34(25-29)44-40-19-7-5-17-36(40)38-27-32(21-23-42(38)44)33-22-24-43-39(28-33)37-18-6-8-20-41(37)45(43)35-16-10-14-31(26-35)30-12-3-2-4-13-30/h2-9,11-15,17-28H,10,16H2,1H3. The summed E-state index contributed by atoms with van der Waals surface area (Å²) in [6.07, 6.45) is 6.82. The maximum atomic E-state index is 2.49. The number of aromatic nitrogens is 2. The largest absolute Gasteiger partial charge is 0.313 e. The molecule has 45 heavy (non-hydrogen) atoms. The van der Waals surface area contributed by atoms with Gasteiger partial charge < -0.3 is 9.13 Å². The van der Waals surface area contributed by atoms with Crippen molar-refractivity contribution in [2.24, 2.45) is 0 Å². The second-order valence-electron chi connectivity index (χ2n) is 12.2. The Balaban J connectivity index is 1.21. The van der Waals surface area contributed by atoms with Gasteiger partial charge in [-0.2, -0.15) is 0 Å². The van der Waals surface area contributed by atoms with Crippen molar-refractivity contribution in [2.75, 3.05) is 0 Å². The maximum absolute atomic E-state index is 2.49. The van der Waals surface area contributed by atoms with Crippen LogP contribution in [0.5, 0.6) is 0 Å². The first-order valence-corrected chi connectivity index (χ1v) is 15.8. The Morgan fingerprint density at radius 3 is 1.76 bits per heavy atom. The number of fused-ring (bicyclic) bond motifs is 6. The van der Waals surface area contributed by atoms with Gasteiger partial charge in [-0.25, -0.2) is 0 Å². The first-order valence-electron chi connectivity index (χ1n) is 15.8. The molecule has 8 aromatic rings. The van der Waals surface area contributed by atoms with Crippen LogP contribution < -0.4 is 0 Å². The normalized spacial score (nSPS) is 13.5. The molecule has 0 saturated heterocycles. The van der Waals surface area contributed by atoms with Gasteiger partial charge in [0.25, 0.3) is 0 Å². The third kappa shape index (κ3) is 4.17. The molecule has 6 aromatic carbocycles. The molecule has 1 aliphatic carbocycles. The molecule has 0 bridgehead atoms. The molecule has 0 atom stereocenters. The smallest absolute Gasteiger partial charge is 0.0541 e. The van der Waals surface area contributed by atoms with Crippen LogP contribution in [-0.4, -0.2) is 9.13 Å². The van der Waals surface area contributed by atoms with Crippen molar-refractivity contribution in [3.8, 4) is 16.8 Å². The fourth-order valence-corrected chi connectivity index (χ4v) is 7.35. The van der Waals surface area contributed by atoms with Crippen LogP contribution in [0, 0.1) is 6.92 Å². The molecule has 2 heterocycles. The van der Waals surface area contributed by atoms with Gasteiger partial charge in [-0.05, 0) is 102 Å². The SMILES string of the molecule is Cc1cccc(-n2c3ccccc3c3cc(-c4ccc5c(c4)c4ccccc4n5C4=CC(c5ccccc5)=CCC4)ccc32)c1. The van der Waals surface area contributed by atoms with E-state index in [0.717, 1.165) is 12.8 Å². The monoisotopic (exact) mass is 576 g/mol. The molecule has 214 valence electrons. The second-order valence-corrected chi connectivity index (χ2v) is 12.2. The van der Waals surface area contributed by atoms with Gasteiger partial charge in [-0.3, -0.25) is 0 Å². The Bertz CT molecular complexity index is 2480. The van der Waals surface area contributed by atoms with E-state index in [4.69, 9.17) is 0 Å². The highest BCUT2D eigenvalue weighted by Gasteiger charge is 2.18. The van der Waals surface area contributed by atoms with Crippen LogP contribution in [0.3, 0.4) is 0 Å². The average molecular weight is 577 g/mol. The Labute approximate surface area is 262 Å². The summed E-state index contributed by atoms with van der Waals surface area (Å²) in [7, 11) is 0. The molecular formula is C43H32N2.